The number of anilines is 2. The number of nitrogens with one attached hydrogen (secondary N) is 1. The van der Waals surface area contributed by atoms with Crippen LogP contribution in [0, 0.1) is 0 Å². The van der Waals surface area contributed by atoms with E-state index in [1.165, 1.54) is 4.88 Å². The normalized spacial score (nSPS) is 15.8. The van der Waals surface area contributed by atoms with Gasteiger partial charge in [0, 0.05) is 49.0 Å². The van der Waals surface area contributed by atoms with Gasteiger partial charge in [-0.25, -0.2) is 8.42 Å². The first kappa shape index (κ1) is 19.7. The van der Waals surface area contributed by atoms with Crippen molar-refractivity contribution in [3.05, 3.63) is 46.7 Å². The molecular formula is C15H18N3NaO3S2. The van der Waals surface area contributed by atoms with Crippen LogP contribution in [-0.4, -0.2) is 44.0 Å². The monoisotopic (exact) mass is 375 g/mol. The smallest absolute Gasteiger partial charge is 0.731 e. The predicted octanol–water partition coefficient (Wildman–Crippen LogP) is -1.05. The second-order valence-electron chi connectivity index (χ2n) is 5.45. The minimum absolute atomic E-state index is 0. The Morgan fingerprint density at radius 3 is 2.29 bits per heavy atom. The Balaban J connectivity index is 0.00000208. The number of nitrogens with zero attached hydrogens (tertiary/aromatic N) is 2. The molecule has 6 nitrogen and oxygen atoms in total. The molecule has 1 aromatic carbocycles. The molecule has 0 bridgehead atoms. The Morgan fingerprint density at radius 2 is 1.75 bits per heavy atom. The average molecular weight is 375 g/mol. The van der Waals surface area contributed by atoms with Gasteiger partial charge in [0.05, 0.1) is 0 Å². The molecule has 0 atom stereocenters. The van der Waals surface area contributed by atoms with E-state index in [4.69, 9.17) is 0 Å². The minimum Gasteiger partial charge on any atom is -0.731 e. The second-order valence-corrected chi connectivity index (χ2v) is 7.59. The first-order valence-electron chi connectivity index (χ1n) is 7.33. The van der Waals surface area contributed by atoms with Gasteiger partial charge < -0.3 is 9.45 Å². The van der Waals surface area contributed by atoms with Gasteiger partial charge in [0.2, 0.25) is 0 Å². The van der Waals surface area contributed by atoms with Crippen molar-refractivity contribution in [1.82, 2.24) is 4.90 Å². The van der Waals surface area contributed by atoms with Crippen LogP contribution in [-0.2, 0) is 16.8 Å². The van der Waals surface area contributed by atoms with Crippen LogP contribution >= 0.6 is 11.3 Å². The summed E-state index contributed by atoms with van der Waals surface area (Å²) in [5, 5.41) is 2.10. The summed E-state index contributed by atoms with van der Waals surface area (Å²) < 4.78 is 34.0. The van der Waals surface area contributed by atoms with Crippen molar-refractivity contribution >= 4 is 33.0 Å². The van der Waals surface area contributed by atoms with Crippen LogP contribution in [0.5, 0.6) is 0 Å². The van der Waals surface area contributed by atoms with Gasteiger partial charge in [-0.2, -0.15) is 0 Å². The fourth-order valence-corrected chi connectivity index (χ4v) is 3.84. The van der Waals surface area contributed by atoms with Crippen LogP contribution in [0.25, 0.3) is 0 Å². The topological polar surface area (TPSA) is 75.7 Å². The molecule has 0 radical (unpaired) electrons. The van der Waals surface area contributed by atoms with Crippen molar-refractivity contribution in [1.29, 1.82) is 0 Å². The van der Waals surface area contributed by atoms with Crippen LogP contribution in [0.4, 0.5) is 11.4 Å². The molecule has 1 aromatic heterocycles. The summed E-state index contributed by atoms with van der Waals surface area (Å²) in [5.41, 5.74) is 1.33. The van der Waals surface area contributed by atoms with Crippen LogP contribution < -0.4 is 39.2 Å². The van der Waals surface area contributed by atoms with Crippen molar-refractivity contribution in [2.24, 2.45) is 0 Å². The Labute approximate surface area is 168 Å². The summed E-state index contributed by atoms with van der Waals surface area (Å²) in [6.07, 6.45) is 0. The molecular weight excluding hydrogens is 357 g/mol. The molecule has 0 amide bonds. The molecule has 3 rings (SSSR count). The zero-order chi connectivity index (χ0) is 16.3. The molecule has 24 heavy (non-hydrogen) atoms. The van der Waals surface area contributed by atoms with Gasteiger partial charge in [0.25, 0.3) is 0 Å². The summed E-state index contributed by atoms with van der Waals surface area (Å²) in [6.45, 7) is 4.84. The van der Waals surface area contributed by atoms with Gasteiger partial charge in [-0.3, -0.25) is 9.62 Å². The number of hydrogen-bond donors (Lipinski definition) is 1. The van der Waals surface area contributed by atoms with Crippen molar-refractivity contribution in [3.8, 4) is 0 Å². The average Bonchev–Trinajstić information content (AvgIpc) is 3.00. The maximum atomic E-state index is 10.7. The Hall–Kier alpha value is -0.610. The number of benzene rings is 1. The molecule has 0 spiro atoms. The van der Waals surface area contributed by atoms with E-state index in [-0.39, 0.29) is 29.6 Å². The molecule has 1 aliphatic heterocycles. The van der Waals surface area contributed by atoms with Gasteiger partial charge in [-0.05, 0) is 35.7 Å². The summed E-state index contributed by atoms with van der Waals surface area (Å²) >= 11 is 1.78. The van der Waals surface area contributed by atoms with E-state index in [0.717, 1.165) is 38.4 Å². The van der Waals surface area contributed by atoms with Gasteiger partial charge >= 0.3 is 29.6 Å². The minimum atomic E-state index is -4.47. The van der Waals surface area contributed by atoms with Crippen LogP contribution in [0.2, 0.25) is 0 Å². The van der Waals surface area contributed by atoms with E-state index in [1.807, 2.05) is 16.9 Å². The molecule has 1 fully saturated rings. The summed E-state index contributed by atoms with van der Waals surface area (Å²) in [5.74, 6) is 0. The molecule has 2 heterocycles. The molecule has 1 N–H and O–H groups in total. The summed E-state index contributed by atoms with van der Waals surface area (Å²) in [4.78, 5) is 6.08. The quantitative estimate of drug-likeness (QED) is 0.533. The SMILES string of the molecule is O=S(=O)([O-])Nc1ccc(N2CCN(Cc3cccs3)CC2)cc1.[Na+]. The second kappa shape index (κ2) is 8.66. The largest absolute Gasteiger partial charge is 1.00 e. The van der Waals surface area contributed by atoms with Crippen LogP contribution in [0.15, 0.2) is 41.8 Å². The first-order valence-corrected chi connectivity index (χ1v) is 9.62. The van der Waals surface area contributed by atoms with Crippen molar-refractivity contribution in [2.45, 2.75) is 6.54 Å². The van der Waals surface area contributed by atoms with Crippen molar-refractivity contribution in [3.63, 3.8) is 0 Å². The van der Waals surface area contributed by atoms with E-state index in [0.29, 0.717) is 5.69 Å². The first-order chi connectivity index (χ1) is 11.0. The van der Waals surface area contributed by atoms with Gasteiger partial charge in [0.1, 0.15) is 0 Å². The molecule has 9 heteroatoms. The predicted molar refractivity (Wildman–Crippen MR) is 91.6 cm³/mol. The van der Waals surface area contributed by atoms with E-state index in [2.05, 4.69) is 27.3 Å². The number of hydrogen-bond acceptors (Lipinski definition) is 6. The van der Waals surface area contributed by atoms with E-state index >= 15 is 0 Å². The fraction of sp³-hybridized carbons (Fsp3) is 0.333. The van der Waals surface area contributed by atoms with Gasteiger partial charge in [0.15, 0.2) is 10.3 Å². The molecule has 1 aliphatic rings. The van der Waals surface area contributed by atoms with E-state index in [9.17, 15) is 13.0 Å². The van der Waals surface area contributed by atoms with E-state index < -0.39 is 10.3 Å². The molecule has 2 aromatic rings. The Kier molecular flexibility index (Phi) is 7.11. The summed E-state index contributed by atoms with van der Waals surface area (Å²) in [7, 11) is -4.47. The third kappa shape index (κ3) is 5.73. The Bertz CT molecular complexity index is 728. The zero-order valence-electron chi connectivity index (χ0n) is 13.5. The molecule has 124 valence electrons. The summed E-state index contributed by atoms with van der Waals surface area (Å²) in [6, 6.07) is 11.1. The number of thiophene rings is 1. The molecule has 0 aliphatic carbocycles. The fourth-order valence-electron chi connectivity index (χ4n) is 2.67. The van der Waals surface area contributed by atoms with Gasteiger partial charge in [-0.1, -0.05) is 6.07 Å². The number of rotatable bonds is 5. The number of piperazine rings is 1. The Morgan fingerprint density at radius 1 is 1.08 bits per heavy atom. The zero-order valence-corrected chi connectivity index (χ0v) is 17.1. The van der Waals surface area contributed by atoms with Crippen LogP contribution in [0.1, 0.15) is 4.88 Å². The van der Waals surface area contributed by atoms with Gasteiger partial charge in [-0.15, -0.1) is 11.3 Å². The molecule has 0 saturated carbocycles. The molecule has 1 saturated heterocycles. The third-order valence-electron chi connectivity index (χ3n) is 3.81. The maximum Gasteiger partial charge on any atom is 1.00 e. The third-order valence-corrected chi connectivity index (χ3v) is 5.15. The standard InChI is InChI=1S/C15H19N3O3S2.Na/c19-23(20,21)16-13-3-5-14(6-4-13)18-9-7-17(8-10-18)12-15-2-1-11-22-15;/h1-6,11,16H,7-10,12H2,(H,19,20,21);/q;+1/p-1. The maximum absolute atomic E-state index is 10.7. The van der Waals surface area contributed by atoms with Crippen molar-refractivity contribution < 1.29 is 42.5 Å². The van der Waals surface area contributed by atoms with E-state index in [1.54, 1.807) is 23.5 Å². The van der Waals surface area contributed by atoms with Crippen molar-refractivity contribution in [2.75, 3.05) is 35.8 Å². The molecule has 0 unspecified atom stereocenters. The van der Waals surface area contributed by atoms with Crippen LogP contribution in [0.3, 0.4) is 0 Å².